The molecule has 1 unspecified atom stereocenters. The quantitative estimate of drug-likeness (QED) is 0.691. The Labute approximate surface area is 177 Å². The van der Waals surface area contributed by atoms with Crippen molar-refractivity contribution in [3.63, 3.8) is 0 Å². The second-order valence-corrected chi connectivity index (χ2v) is 9.90. The number of hydrogen-bond donors (Lipinski definition) is 1. The number of thiophene rings is 1. The van der Waals surface area contributed by atoms with Crippen LogP contribution in [0.1, 0.15) is 13.3 Å². The molecule has 2 heterocycles. The number of nitrogens with one attached hydrogen (secondary N) is 1. The van der Waals surface area contributed by atoms with Gasteiger partial charge in [-0.25, -0.2) is 0 Å². The lowest BCUT2D eigenvalue weighted by Crippen LogP contribution is -2.33. The van der Waals surface area contributed by atoms with Gasteiger partial charge in [-0.05, 0) is 30.5 Å². The van der Waals surface area contributed by atoms with Crippen LogP contribution in [-0.4, -0.2) is 49.2 Å². The summed E-state index contributed by atoms with van der Waals surface area (Å²) >= 11 is 2.04. The Morgan fingerprint density at radius 2 is 2.10 bits per heavy atom. The molecule has 11 heteroatoms. The Morgan fingerprint density at radius 1 is 1.31 bits per heavy atom. The van der Waals surface area contributed by atoms with Gasteiger partial charge >= 0.3 is 0 Å². The number of rotatable bonds is 7. The molecule has 0 spiro atoms. The summed E-state index contributed by atoms with van der Waals surface area (Å²) in [5.74, 6) is -0.0968. The molecule has 2 aromatic rings. The van der Waals surface area contributed by atoms with Crippen molar-refractivity contribution in [2.24, 2.45) is 4.40 Å². The molecule has 1 N–H and O–H groups in total. The van der Waals surface area contributed by atoms with E-state index in [4.69, 9.17) is 4.74 Å². The van der Waals surface area contributed by atoms with E-state index in [2.05, 4.69) is 9.71 Å². The molecule has 1 atom stereocenters. The average molecular weight is 454 g/mol. The number of amidine groups is 1. The van der Waals surface area contributed by atoms with Crippen LogP contribution in [0.3, 0.4) is 0 Å². The number of anilines is 1. The monoisotopic (exact) mass is 453 g/mol. The van der Waals surface area contributed by atoms with Crippen LogP contribution in [0.15, 0.2) is 50.4 Å². The van der Waals surface area contributed by atoms with Crippen LogP contribution in [0.4, 0.5) is 5.69 Å². The summed E-state index contributed by atoms with van der Waals surface area (Å²) < 4.78 is 33.9. The van der Waals surface area contributed by atoms with E-state index < -0.39 is 15.3 Å². The van der Waals surface area contributed by atoms with Gasteiger partial charge < -0.3 is 10.1 Å². The minimum Gasteiger partial charge on any atom is -0.497 e. The van der Waals surface area contributed by atoms with Crippen molar-refractivity contribution in [2.45, 2.75) is 22.8 Å². The Morgan fingerprint density at radius 3 is 2.76 bits per heavy atom. The van der Waals surface area contributed by atoms with Crippen LogP contribution in [0, 0.1) is 0 Å². The maximum atomic E-state index is 12.6. The van der Waals surface area contributed by atoms with Crippen molar-refractivity contribution in [2.75, 3.05) is 19.0 Å². The van der Waals surface area contributed by atoms with Crippen molar-refractivity contribution in [1.82, 2.24) is 4.90 Å². The summed E-state index contributed by atoms with van der Waals surface area (Å²) in [6, 6.07) is 9.95. The molecule has 154 valence electrons. The van der Waals surface area contributed by atoms with Gasteiger partial charge in [-0.2, -0.15) is 8.42 Å². The van der Waals surface area contributed by atoms with Gasteiger partial charge in [0.05, 0.1) is 7.11 Å². The van der Waals surface area contributed by atoms with Gasteiger partial charge in [0.1, 0.15) is 15.2 Å². The largest absolute Gasteiger partial charge is 0.497 e. The lowest BCUT2D eigenvalue weighted by molar-refractivity contribution is -0.128. The molecule has 3 rings (SSSR count). The molecule has 2 amide bonds. The first kappa shape index (κ1) is 21.3. The van der Waals surface area contributed by atoms with Crippen molar-refractivity contribution in [3.05, 3.63) is 41.8 Å². The van der Waals surface area contributed by atoms with Gasteiger partial charge in [0, 0.05) is 24.7 Å². The number of carbonyl (C=O) groups excluding carboxylic acids is 2. The average Bonchev–Trinajstić information content (AvgIpc) is 3.31. The number of nitrogens with zero attached hydrogens (tertiary/aromatic N) is 2. The molecule has 0 bridgehead atoms. The van der Waals surface area contributed by atoms with Crippen LogP contribution in [0.5, 0.6) is 5.75 Å². The molecule has 1 aromatic heterocycles. The van der Waals surface area contributed by atoms with Gasteiger partial charge in [-0.15, -0.1) is 15.7 Å². The first-order valence-corrected chi connectivity index (χ1v) is 11.8. The Kier molecular flexibility index (Phi) is 6.60. The zero-order valence-corrected chi connectivity index (χ0v) is 18.1. The first-order chi connectivity index (χ1) is 13.8. The second kappa shape index (κ2) is 8.97. The van der Waals surface area contributed by atoms with Crippen LogP contribution in [0.25, 0.3) is 0 Å². The third kappa shape index (κ3) is 4.98. The van der Waals surface area contributed by atoms with E-state index in [9.17, 15) is 18.0 Å². The molecule has 0 radical (unpaired) electrons. The summed E-state index contributed by atoms with van der Waals surface area (Å²) in [6.45, 7) is 1.99. The molecular weight excluding hydrogens is 434 g/mol. The topological polar surface area (TPSA) is 105 Å². The molecular formula is C18H19N3O5S3. The lowest BCUT2D eigenvalue weighted by atomic mass is 10.2. The van der Waals surface area contributed by atoms with E-state index in [1.807, 2.05) is 0 Å². The fraction of sp³-hybridized carbons (Fsp3) is 0.278. The third-order valence-electron chi connectivity index (χ3n) is 4.01. The summed E-state index contributed by atoms with van der Waals surface area (Å²) in [6.07, 6.45) is -0.102. The molecule has 1 saturated heterocycles. The van der Waals surface area contributed by atoms with E-state index in [1.54, 1.807) is 42.6 Å². The fourth-order valence-electron chi connectivity index (χ4n) is 2.64. The minimum atomic E-state index is -3.90. The van der Waals surface area contributed by atoms with E-state index >= 15 is 0 Å². The maximum Gasteiger partial charge on any atom is 0.294 e. The van der Waals surface area contributed by atoms with Crippen LogP contribution < -0.4 is 10.1 Å². The van der Waals surface area contributed by atoms with Crippen LogP contribution >= 0.6 is 23.1 Å². The standard InChI is InChI=1S/C18H19N3O5S3/c1-3-21-17(23)14(11-15(22)19-12-6-4-7-13(10-12)26-2)28-18(21)20-29(24,25)16-8-5-9-27-16/h4-10,14H,3,11H2,1-2H3,(H,19,22). The number of carbonyl (C=O) groups is 2. The molecule has 0 aliphatic carbocycles. The molecule has 1 aromatic carbocycles. The van der Waals surface area contributed by atoms with E-state index in [-0.39, 0.29) is 34.2 Å². The predicted molar refractivity (Wildman–Crippen MR) is 114 cm³/mol. The highest BCUT2D eigenvalue weighted by Gasteiger charge is 2.39. The van der Waals surface area contributed by atoms with Gasteiger partial charge in [0.2, 0.25) is 11.8 Å². The number of hydrogen-bond acceptors (Lipinski definition) is 7. The number of sulfonamides is 1. The van der Waals surface area contributed by atoms with Gasteiger partial charge in [-0.1, -0.05) is 23.9 Å². The molecule has 1 fully saturated rings. The number of ether oxygens (including phenoxy) is 1. The summed E-state index contributed by atoms with van der Waals surface area (Å²) in [7, 11) is -2.37. The number of amides is 2. The Bertz CT molecular complexity index is 1030. The van der Waals surface area contributed by atoms with Crippen molar-refractivity contribution in [3.8, 4) is 5.75 Å². The normalized spacial score (nSPS) is 18.3. The zero-order chi connectivity index (χ0) is 21.0. The summed E-state index contributed by atoms with van der Waals surface area (Å²) in [5, 5.41) is 3.72. The molecule has 0 saturated carbocycles. The highest BCUT2D eigenvalue weighted by Crippen LogP contribution is 2.32. The zero-order valence-electron chi connectivity index (χ0n) is 15.7. The van der Waals surface area contributed by atoms with E-state index in [0.29, 0.717) is 11.4 Å². The number of benzene rings is 1. The number of methoxy groups -OCH3 is 1. The van der Waals surface area contributed by atoms with Gasteiger partial charge in [0.25, 0.3) is 10.0 Å². The SMILES string of the molecule is CCN1C(=O)C(CC(=O)Nc2cccc(OC)c2)SC1=NS(=O)(=O)c1cccs1. The second-order valence-electron chi connectivity index (χ2n) is 5.95. The Balaban J connectivity index is 1.73. The van der Waals surface area contributed by atoms with E-state index in [0.717, 1.165) is 23.1 Å². The molecule has 8 nitrogen and oxygen atoms in total. The fourth-order valence-corrected chi connectivity index (χ4v) is 6.03. The van der Waals surface area contributed by atoms with Crippen LogP contribution in [-0.2, 0) is 19.6 Å². The van der Waals surface area contributed by atoms with E-state index in [1.165, 1.54) is 18.1 Å². The smallest absolute Gasteiger partial charge is 0.294 e. The lowest BCUT2D eigenvalue weighted by Gasteiger charge is -2.13. The highest BCUT2D eigenvalue weighted by molar-refractivity contribution is 8.16. The predicted octanol–water partition coefficient (Wildman–Crippen LogP) is 2.79. The molecule has 29 heavy (non-hydrogen) atoms. The van der Waals surface area contributed by atoms with Crippen LogP contribution in [0.2, 0.25) is 0 Å². The molecule has 1 aliphatic rings. The summed E-state index contributed by atoms with van der Waals surface area (Å²) in [5.41, 5.74) is 0.548. The Hall–Kier alpha value is -2.37. The van der Waals surface area contributed by atoms with Gasteiger partial charge in [0.15, 0.2) is 5.17 Å². The maximum absolute atomic E-state index is 12.6. The minimum absolute atomic E-state index is 0.0880. The van der Waals surface area contributed by atoms with Gasteiger partial charge in [-0.3, -0.25) is 14.5 Å². The third-order valence-corrected chi connectivity index (χ3v) is 7.94. The highest BCUT2D eigenvalue weighted by atomic mass is 32.2. The number of thioether (sulfide) groups is 1. The van der Waals surface area contributed by atoms with Crippen molar-refractivity contribution in [1.29, 1.82) is 0 Å². The first-order valence-electron chi connectivity index (χ1n) is 8.64. The molecule has 1 aliphatic heterocycles. The van der Waals surface area contributed by atoms with Crippen molar-refractivity contribution < 1.29 is 22.7 Å². The van der Waals surface area contributed by atoms with Crippen molar-refractivity contribution >= 4 is 55.8 Å². The summed E-state index contributed by atoms with van der Waals surface area (Å²) in [4.78, 5) is 26.3.